The van der Waals surface area contributed by atoms with Crippen LogP contribution in [-0.4, -0.2) is 5.91 Å². The number of nitriles is 1. The van der Waals surface area contributed by atoms with Crippen LogP contribution in [0.3, 0.4) is 0 Å². The number of carbonyl (C=O) groups is 1. The van der Waals surface area contributed by atoms with Crippen LogP contribution in [0.15, 0.2) is 11.3 Å². The largest absolute Gasteiger partial charge is 0.401 e. The van der Waals surface area contributed by atoms with Crippen LogP contribution < -0.4 is 11.5 Å². The van der Waals surface area contributed by atoms with E-state index >= 15 is 0 Å². The van der Waals surface area contributed by atoms with Gasteiger partial charge in [0.2, 0.25) is 0 Å². The van der Waals surface area contributed by atoms with Gasteiger partial charge < -0.3 is 11.5 Å². The maximum Gasteiger partial charge on any atom is 0.261 e. The van der Waals surface area contributed by atoms with Crippen molar-refractivity contribution in [3.05, 3.63) is 11.3 Å². The Kier molecular flexibility index (Phi) is 2.27. The first-order valence-corrected chi connectivity index (χ1v) is 2.26. The third-order valence-corrected chi connectivity index (χ3v) is 0.753. The molecule has 9 heavy (non-hydrogen) atoms. The molecule has 0 aromatic carbocycles. The second kappa shape index (κ2) is 2.72. The third kappa shape index (κ3) is 1.82. The molecule has 0 atom stereocenters. The Morgan fingerprint density at radius 1 is 1.56 bits per heavy atom. The Labute approximate surface area is 52.7 Å². The summed E-state index contributed by atoms with van der Waals surface area (Å²) in [4.78, 5) is 10.2. The fourth-order valence-corrected chi connectivity index (χ4v) is 0.338. The molecule has 0 spiro atoms. The van der Waals surface area contributed by atoms with E-state index in [0.29, 0.717) is 0 Å². The van der Waals surface area contributed by atoms with E-state index in [9.17, 15) is 4.79 Å². The Morgan fingerprint density at radius 2 is 2.00 bits per heavy atom. The molecule has 0 saturated carbocycles. The highest BCUT2D eigenvalue weighted by Crippen LogP contribution is 1.93. The van der Waals surface area contributed by atoms with E-state index in [4.69, 9.17) is 16.7 Å². The molecule has 0 fully saturated rings. The Morgan fingerprint density at radius 3 is 2.00 bits per heavy atom. The van der Waals surface area contributed by atoms with Crippen molar-refractivity contribution in [3.8, 4) is 6.07 Å². The first kappa shape index (κ1) is 7.50. The van der Waals surface area contributed by atoms with Gasteiger partial charge in [0.25, 0.3) is 5.91 Å². The number of amides is 1. The van der Waals surface area contributed by atoms with Crippen LogP contribution in [0.1, 0.15) is 6.92 Å². The summed E-state index contributed by atoms with van der Waals surface area (Å²) in [6.45, 7) is 1.45. The fourth-order valence-electron chi connectivity index (χ4n) is 0.338. The topological polar surface area (TPSA) is 92.9 Å². The zero-order chi connectivity index (χ0) is 7.44. The molecule has 4 nitrogen and oxygen atoms in total. The molecule has 4 N–H and O–H groups in total. The molecule has 0 aromatic rings. The number of hydrogen-bond acceptors (Lipinski definition) is 3. The van der Waals surface area contributed by atoms with Gasteiger partial charge in [0, 0.05) is 5.70 Å². The van der Waals surface area contributed by atoms with Gasteiger partial charge in [-0.05, 0) is 6.92 Å². The normalized spacial score (nSPS) is 11.6. The maximum absolute atomic E-state index is 10.2. The van der Waals surface area contributed by atoms with Crippen LogP contribution in [0.5, 0.6) is 0 Å². The molecule has 0 rings (SSSR count). The summed E-state index contributed by atoms with van der Waals surface area (Å²) in [7, 11) is 0. The molecule has 0 aliphatic heterocycles. The fraction of sp³-hybridized carbons (Fsp3) is 0.200. The molecule has 0 unspecified atom stereocenters. The predicted octanol–water partition coefficient (Wildman–Crippen LogP) is -0.772. The van der Waals surface area contributed by atoms with Crippen molar-refractivity contribution in [2.45, 2.75) is 6.92 Å². The Balaban J connectivity index is 4.62. The van der Waals surface area contributed by atoms with E-state index in [1.165, 1.54) is 6.92 Å². The van der Waals surface area contributed by atoms with Crippen molar-refractivity contribution in [1.29, 1.82) is 5.26 Å². The van der Waals surface area contributed by atoms with E-state index in [1.807, 2.05) is 0 Å². The number of hydrogen-bond donors (Lipinski definition) is 2. The van der Waals surface area contributed by atoms with E-state index in [2.05, 4.69) is 0 Å². The third-order valence-electron chi connectivity index (χ3n) is 0.753. The van der Waals surface area contributed by atoms with E-state index in [0.717, 1.165) is 0 Å². The van der Waals surface area contributed by atoms with E-state index in [1.54, 1.807) is 6.07 Å². The van der Waals surface area contributed by atoms with Crippen LogP contribution in [0, 0.1) is 11.3 Å². The lowest BCUT2D eigenvalue weighted by atomic mass is 10.2. The van der Waals surface area contributed by atoms with Crippen molar-refractivity contribution in [2.75, 3.05) is 0 Å². The summed E-state index contributed by atoms with van der Waals surface area (Å²) < 4.78 is 0. The number of rotatable bonds is 1. The van der Waals surface area contributed by atoms with Gasteiger partial charge >= 0.3 is 0 Å². The molecule has 0 aliphatic carbocycles. The Hall–Kier alpha value is -1.50. The van der Waals surface area contributed by atoms with Crippen molar-refractivity contribution < 1.29 is 4.79 Å². The first-order chi connectivity index (χ1) is 4.09. The first-order valence-electron chi connectivity index (χ1n) is 2.26. The molecular formula is C5H7N3O. The van der Waals surface area contributed by atoms with Crippen LogP contribution in [-0.2, 0) is 4.79 Å². The van der Waals surface area contributed by atoms with Gasteiger partial charge in [0.15, 0.2) is 0 Å². The average Bonchev–Trinajstić information content (AvgIpc) is 1.64. The lowest BCUT2D eigenvalue weighted by molar-refractivity contribution is -0.114. The summed E-state index contributed by atoms with van der Waals surface area (Å²) in [5.74, 6) is -0.780. The zero-order valence-electron chi connectivity index (χ0n) is 5.01. The highest BCUT2D eigenvalue weighted by atomic mass is 16.1. The van der Waals surface area contributed by atoms with Gasteiger partial charge in [0.1, 0.15) is 11.6 Å². The van der Waals surface area contributed by atoms with Crippen molar-refractivity contribution in [2.24, 2.45) is 11.5 Å². The van der Waals surface area contributed by atoms with Gasteiger partial charge in [-0.25, -0.2) is 0 Å². The minimum absolute atomic E-state index is 0.157. The van der Waals surface area contributed by atoms with Crippen molar-refractivity contribution in [1.82, 2.24) is 0 Å². The molecule has 0 heterocycles. The zero-order valence-corrected chi connectivity index (χ0v) is 5.01. The summed E-state index contributed by atoms with van der Waals surface area (Å²) in [6, 6.07) is 1.58. The average molecular weight is 125 g/mol. The molecule has 0 saturated heterocycles. The van der Waals surface area contributed by atoms with E-state index in [-0.39, 0.29) is 11.3 Å². The van der Waals surface area contributed by atoms with Gasteiger partial charge in [-0.1, -0.05) is 0 Å². The SMILES string of the molecule is C/C(N)=C(/C#N)C(N)=O. The van der Waals surface area contributed by atoms with Gasteiger partial charge in [0.05, 0.1) is 0 Å². The highest BCUT2D eigenvalue weighted by Gasteiger charge is 2.03. The molecule has 0 bridgehead atoms. The highest BCUT2D eigenvalue weighted by molar-refractivity contribution is 5.96. The lowest BCUT2D eigenvalue weighted by Gasteiger charge is -1.91. The number of nitrogens with zero attached hydrogens (tertiary/aromatic N) is 1. The summed E-state index contributed by atoms with van der Waals surface area (Å²) >= 11 is 0. The lowest BCUT2D eigenvalue weighted by Crippen LogP contribution is -2.16. The minimum atomic E-state index is -0.780. The smallest absolute Gasteiger partial charge is 0.261 e. The summed E-state index contributed by atoms with van der Waals surface area (Å²) in [6.07, 6.45) is 0. The second-order valence-corrected chi connectivity index (χ2v) is 1.53. The minimum Gasteiger partial charge on any atom is -0.401 e. The van der Waals surface area contributed by atoms with Crippen LogP contribution in [0.2, 0.25) is 0 Å². The molecule has 1 amide bonds. The standard InChI is InChI=1S/C5H7N3O/c1-3(7)4(2-6)5(8)9/h7H2,1H3,(H2,8,9)/b4-3+. The molecule has 4 heteroatoms. The molecule has 0 aliphatic rings. The maximum atomic E-state index is 10.2. The van der Waals surface area contributed by atoms with Crippen molar-refractivity contribution >= 4 is 5.91 Å². The number of nitrogens with two attached hydrogens (primary N) is 2. The number of primary amides is 1. The second-order valence-electron chi connectivity index (χ2n) is 1.53. The number of carbonyl (C=O) groups excluding carboxylic acids is 1. The van der Waals surface area contributed by atoms with Gasteiger partial charge in [-0.2, -0.15) is 5.26 Å². The molecule has 0 radical (unpaired) electrons. The van der Waals surface area contributed by atoms with Crippen LogP contribution in [0.4, 0.5) is 0 Å². The van der Waals surface area contributed by atoms with Crippen molar-refractivity contribution in [3.63, 3.8) is 0 Å². The quantitative estimate of drug-likeness (QED) is 0.356. The summed E-state index contributed by atoms with van der Waals surface area (Å²) in [5.41, 5.74) is 9.84. The predicted molar refractivity (Wildman–Crippen MR) is 31.7 cm³/mol. The molecule has 48 valence electrons. The van der Waals surface area contributed by atoms with E-state index < -0.39 is 5.91 Å². The number of allylic oxidation sites excluding steroid dienone is 1. The monoisotopic (exact) mass is 125 g/mol. The van der Waals surface area contributed by atoms with Gasteiger partial charge in [-0.15, -0.1) is 0 Å². The summed E-state index contributed by atoms with van der Waals surface area (Å²) in [5, 5.41) is 8.18. The van der Waals surface area contributed by atoms with Gasteiger partial charge in [-0.3, -0.25) is 4.79 Å². The Bertz CT molecular complexity index is 195. The molecule has 0 aromatic heterocycles. The molecular weight excluding hydrogens is 118 g/mol. The van der Waals surface area contributed by atoms with Crippen LogP contribution in [0.25, 0.3) is 0 Å². The van der Waals surface area contributed by atoms with Crippen LogP contribution >= 0.6 is 0 Å².